The Morgan fingerprint density at radius 1 is 0.650 bits per heavy atom. The number of ether oxygens (including phenoxy) is 1. The number of hydrogen-bond acceptors (Lipinski definition) is 3. The molecule has 0 aliphatic heterocycles. The maximum absolute atomic E-state index is 13.3. The molecule has 40 heavy (non-hydrogen) atoms. The summed E-state index contributed by atoms with van der Waals surface area (Å²) >= 11 is 0. The average molecular weight is 557 g/mol. The summed E-state index contributed by atoms with van der Waals surface area (Å²) in [5, 5.41) is 2.52. The van der Waals surface area contributed by atoms with Crippen molar-refractivity contribution in [3.05, 3.63) is 113 Å². The van der Waals surface area contributed by atoms with Gasteiger partial charge < -0.3 is 4.74 Å². The van der Waals surface area contributed by atoms with Gasteiger partial charge in [-0.05, 0) is 86.8 Å². The van der Waals surface area contributed by atoms with Crippen LogP contribution >= 0.6 is 0 Å². The van der Waals surface area contributed by atoms with Crippen LogP contribution in [0.5, 0.6) is 5.75 Å². The zero-order valence-electron chi connectivity index (χ0n) is 20.6. The fraction of sp³-hybridized carbons (Fsp3) is 0.103. The number of hydrogen-bond donors (Lipinski definition) is 1. The number of methoxy groups -OCH3 is 1. The summed E-state index contributed by atoms with van der Waals surface area (Å²) in [6.07, 6.45) is -9.93. The second-order valence-electron chi connectivity index (χ2n) is 8.81. The summed E-state index contributed by atoms with van der Waals surface area (Å²) in [4.78, 5) is 12.5. The van der Waals surface area contributed by atoms with Crippen LogP contribution in [0.4, 0.5) is 26.3 Å². The molecule has 0 unspecified atom stereocenters. The van der Waals surface area contributed by atoms with Crippen molar-refractivity contribution in [2.24, 2.45) is 0 Å². The molecule has 0 atom stereocenters. The van der Waals surface area contributed by atoms with Crippen molar-refractivity contribution < 1.29 is 40.3 Å². The molecule has 4 aromatic carbocycles. The van der Waals surface area contributed by atoms with Crippen molar-refractivity contribution in [3.8, 4) is 44.9 Å². The van der Waals surface area contributed by atoms with Gasteiger partial charge in [0.05, 0.1) is 23.8 Å². The zero-order valence-corrected chi connectivity index (χ0v) is 20.6. The summed E-state index contributed by atoms with van der Waals surface area (Å²) in [5.41, 5.74) is -0.884. The smallest absolute Gasteiger partial charge is 0.435 e. The first-order valence-corrected chi connectivity index (χ1v) is 11.7. The average Bonchev–Trinajstić information content (AvgIpc) is 3.33. The van der Waals surface area contributed by atoms with Gasteiger partial charge in [0.25, 0.3) is 0 Å². The molecular formula is C29H19F6N2O3+. The number of aromatic amines is 1. The van der Waals surface area contributed by atoms with Gasteiger partial charge in [-0.15, -0.1) is 0 Å². The quantitative estimate of drug-likeness (QED) is 0.182. The molecule has 204 valence electrons. The molecule has 5 rings (SSSR count). The van der Waals surface area contributed by atoms with E-state index in [4.69, 9.17) is 9.26 Å². The van der Waals surface area contributed by atoms with Crippen molar-refractivity contribution in [1.82, 2.24) is 5.27 Å². The van der Waals surface area contributed by atoms with Crippen molar-refractivity contribution in [3.63, 3.8) is 0 Å². The molecule has 0 fully saturated rings. The van der Waals surface area contributed by atoms with Crippen LogP contribution in [0.2, 0.25) is 0 Å². The molecule has 1 aromatic heterocycles. The van der Waals surface area contributed by atoms with Crippen LogP contribution in [0, 0.1) is 0 Å². The maximum atomic E-state index is 13.3. The minimum atomic E-state index is -4.96. The number of nitrogens with one attached hydrogen (secondary N) is 1. The van der Waals surface area contributed by atoms with Crippen LogP contribution in [0.1, 0.15) is 11.1 Å². The van der Waals surface area contributed by atoms with Gasteiger partial charge in [-0.1, -0.05) is 24.3 Å². The van der Waals surface area contributed by atoms with Crippen LogP contribution in [0.3, 0.4) is 0 Å². The molecule has 0 aliphatic carbocycles. The van der Waals surface area contributed by atoms with Crippen LogP contribution in [0.25, 0.3) is 39.2 Å². The molecule has 0 radical (unpaired) electrons. The van der Waals surface area contributed by atoms with E-state index >= 15 is 0 Å². The van der Waals surface area contributed by atoms with E-state index < -0.39 is 29.1 Å². The molecule has 0 aliphatic rings. The first-order valence-electron chi connectivity index (χ1n) is 11.7. The van der Waals surface area contributed by atoms with E-state index in [1.54, 1.807) is 19.2 Å². The lowest BCUT2D eigenvalue weighted by Gasteiger charge is -2.14. The zero-order chi connectivity index (χ0) is 28.7. The van der Waals surface area contributed by atoms with Crippen LogP contribution < -0.4 is 15.0 Å². The lowest BCUT2D eigenvalue weighted by atomic mass is 9.98. The van der Waals surface area contributed by atoms with E-state index in [0.717, 1.165) is 16.9 Å². The summed E-state index contributed by atoms with van der Waals surface area (Å²) in [6.45, 7) is 0. The van der Waals surface area contributed by atoms with E-state index in [2.05, 4.69) is 5.27 Å². The third kappa shape index (κ3) is 5.35. The Morgan fingerprint density at radius 2 is 1.10 bits per heavy atom. The fourth-order valence-corrected chi connectivity index (χ4v) is 4.23. The maximum Gasteiger partial charge on any atom is 0.435 e. The highest BCUT2D eigenvalue weighted by atomic mass is 19.4. The first-order chi connectivity index (χ1) is 18.9. The number of rotatable bonds is 5. The normalized spacial score (nSPS) is 12.0. The van der Waals surface area contributed by atoms with Gasteiger partial charge >= 0.3 is 23.7 Å². The number of nitrogens with zero attached hydrogens (tertiary/aromatic N) is 1. The minimum Gasteiger partial charge on any atom is -0.497 e. The van der Waals surface area contributed by atoms with Crippen molar-refractivity contribution in [2.45, 2.75) is 12.4 Å². The molecule has 0 spiro atoms. The number of aromatic nitrogens is 2. The lowest BCUT2D eigenvalue weighted by Crippen LogP contribution is -2.36. The SMILES string of the molecule is COc1ccc(-c2ccc(-[n+]3[nH]oc(=O)c3-c3ccc(-c4cc(C(F)(F)F)cc(C(F)(F)F)c4)cc3)cc2)cc1. The number of halogens is 6. The van der Waals surface area contributed by atoms with E-state index in [0.29, 0.717) is 23.4 Å². The van der Waals surface area contributed by atoms with Gasteiger partial charge in [-0.2, -0.15) is 26.3 Å². The van der Waals surface area contributed by atoms with Crippen LogP contribution in [-0.2, 0) is 12.4 Å². The topological polar surface area (TPSA) is 59.1 Å². The van der Waals surface area contributed by atoms with Crippen molar-refractivity contribution >= 4 is 0 Å². The third-order valence-electron chi connectivity index (χ3n) is 6.27. The van der Waals surface area contributed by atoms with E-state index in [1.165, 1.54) is 28.9 Å². The molecule has 5 nitrogen and oxygen atoms in total. The predicted octanol–water partition coefficient (Wildman–Crippen LogP) is 7.29. The second kappa shape index (κ2) is 10.1. The van der Waals surface area contributed by atoms with Crippen molar-refractivity contribution in [1.29, 1.82) is 0 Å². The highest BCUT2D eigenvalue weighted by Crippen LogP contribution is 2.39. The third-order valence-corrected chi connectivity index (χ3v) is 6.27. The number of alkyl halides is 6. The molecular weight excluding hydrogens is 538 g/mol. The summed E-state index contributed by atoms with van der Waals surface area (Å²) in [6, 6.07) is 21.6. The van der Waals surface area contributed by atoms with Gasteiger partial charge in [0.2, 0.25) is 5.69 Å². The van der Waals surface area contributed by atoms with Crippen LogP contribution in [-0.4, -0.2) is 12.4 Å². The second-order valence-corrected chi connectivity index (χ2v) is 8.81. The summed E-state index contributed by atoms with van der Waals surface area (Å²) in [7, 11) is 1.58. The van der Waals surface area contributed by atoms with Gasteiger partial charge in [0.1, 0.15) is 5.75 Å². The molecule has 1 N–H and O–H groups in total. The van der Waals surface area contributed by atoms with E-state index in [-0.39, 0.29) is 22.9 Å². The molecule has 0 bridgehead atoms. The Bertz CT molecular complexity index is 1670. The van der Waals surface area contributed by atoms with E-state index in [9.17, 15) is 31.1 Å². The fourth-order valence-electron chi connectivity index (χ4n) is 4.23. The Labute approximate surface area is 222 Å². The van der Waals surface area contributed by atoms with Gasteiger partial charge in [0, 0.05) is 12.1 Å². The lowest BCUT2D eigenvalue weighted by molar-refractivity contribution is -0.660. The van der Waals surface area contributed by atoms with Gasteiger partial charge in [0.15, 0.2) is 0 Å². The molecule has 5 aromatic rings. The van der Waals surface area contributed by atoms with Crippen LogP contribution in [0.15, 0.2) is 100 Å². The minimum absolute atomic E-state index is 0.0751. The number of benzene rings is 4. The van der Waals surface area contributed by atoms with Gasteiger partial charge in [-0.25, -0.2) is 4.79 Å². The van der Waals surface area contributed by atoms with E-state index in [1.807, 2.05) is 36.4 Å². The molecule has 0 amide bonds. The van der Waals surface area contributed by atoms with Crippen molar-refractivity contribution in [2.75, 3.05) is 7.11 Å². The van der Waals surface area contributed by atoms with Gasteiger partial charge in [-0.3, -0.25) is 4.52 Å². The monoisotopic (exact) mass is 557 g/mol. The first kappa shape index (κ1) is 26.8. The highest BCUT2D eigenvalue weighted by Gasteiger charge is 2.37. The summed E-state index contributed by atoms with van der Waals surface area (Å²) in [5.74, 6) is 0.719. The Hall–Kier alpha value is -4.80. The Kier molecular flexibility index (Phi) is 6.74. The molecule has 11 heteroatoms. The summed E-state index contributed by atoms with van der Waals surface area (Å²) < 4.78 is 91.2. The molecule has 1 heterocycles. The predicted molar refractivity (Wildman–Crippen MR) is 134 cm³/mol. The molecule has 0 saturated carbocycles. The Balaban J connectivity index is 1.48. The largest absolute Gasteiger partial charge is 0.497 e. The highest BCUT2D eigenvalue weighted by molar-refractivity contribution is 5.70. The Morgan fingerprint density at radius 3 is 1.60 bits per heavy atom. The number of H-pyrrole nitrogens is 1. The standard InChI is InChI=1S/C29H18F6N2O3/c1-39-25-12-8-18(9-13-25)17-6-10-24(11-7-17)37-26(27(38)40-36-37)20-4-2-19(3-5-20)21-14-22(28(30,31)32)16-23(15-21)29(33,34)35/h2-16H,1H3/p+1. The molecule has 0 saturated heterocycles.